The predicted molar refractivity (Wildman–Crippen MR) is 113 cm³/mol. The Morgan fingerprint density at radius 2 is 1.75 bits per heavy atom. The third-order valence-electron chi connectivity index (χ3n) is 5.18. The van der Waals surface area contributed by atoms with Crippen molar-refractivity contribution in [2.75, 3.05) is 25.5 Å². The molecule has 0 radical (unpaired) electrons. The van der Waals surface area contributed by atoms with Crippen molar-refractivity contribution in [2.24, 2.45) is 0 Å². The summed E-state index contributed by atoms with van der Waals surface area (Å²) in [5, 5.41) is 0.668. The van der Waals surface area contributed by atoms with Crippen molar-refractivity contribution in [1.82, 2.24) is 9.88 Å². The molecule has 3 aromatic rings. The molecule has 1 amide bonds. The molecule has 0 fully saturated rings. The predicted octanol–water partition coefficient (Wildman–Crippen LogP) is 4.59. The zero-order valence-corrected chi connectivity index (χ0v) is 16.7. The van der Waals surface area contributed by atoms with Gasteiger partial charge in [-0.25, -0.2) is 4.98 Å². The molecule has 1 atom stereocenters. The lowest BCUT2D eigenvalue weighted by Crippen LogP contribution is -2.41. The van der Waals surface area contributed by atoms with Crippen LogP contribution in [0.15, 0.2) is 66.9 Å². The molecule has 5 heteroatoms. The molecule has 142 valence electrons. The van der Waals surface area contributed by atoms with Crippen LogP contribution in [0.2, 0.25) is 5.02 Å². The second-order valence-electron chi connectivity index (χ2n) is 7.14. The average molecular weight is 392 g/mol. The topological polar surface area (TPSA) is 36.4 Å². The lowest BCUT2D eigenvalue weighted by Gasteiger charge is -2.38. The molecule has 1 aliphatic heterocycles. The normalized spacial score (nSPS) is 15.8. The van der Waals surface area contributed by atoms with E-state index in [2.05, 4.69) is 17.1 Å². The maximum Gasteiger partial charge on any atom is 0.258 e. The van der Waals surface area contributed by atoms with E-state index in [1.807, 2.05) is 72.4 Å². The number of aromatic nitrogens is 1. The molecular formula is C23H22ClN3O. The number of fused-ring (bicyclic) bond motifs is 1. The standard InChI is InChI=1S/C23H22ClN3O/c1-26(2)22-19(11-7-14-25-22)23(28)27-15-13-16-8-3-4-9-17(16)21(27)18-10-5-6-12-20(18)24/h3-12,14,21H,13,15H2,1-2H3. The van der Waals surface area contributed by atoms with Crippen molar-refractivity contribution in [1.29, 1.82) is 0 Å². The summed E-state index contributed by atoms with van der Waals surface area (Å²) < 4.78 is 0. The fourth-order valence-electron chi connectivity index (χ4n) is 3.89. The average Bonchev–Trinajstić information content (AvgIpc) is 2.73. The molecule has 0 saturated heterocycles. The lowest BCUT2D eigenvalue weighted by atomic mass is 9.87. The first-order valence-corrected chi connectivity index (χ1v) is 9.71. The van der Waals surface area contributed by atoms with Gasteiger partial charge in [0.2, 0.25) is 0 Å². The van der Waals surface area contributed by atoms with Crippen LogP contribution in [0.25, 0.3) is 0 Å². The van der Waals surface area contributed by atoms with Crippen molar-refractivity contribution in [3.63, 3.8) is 0 Å². The van der Waals surface area contributed by atoms with Crippen molar-refractivity contribution in [3.05, 3.63) is 94.1 Å². The number of amides is 1. The SMILES string of the molecule is CN(C)c1ncccc1C(=O)N1CCc2ccccc2C1c1ccccc1Cl. The molecule has 2 heterocycles. The molecule has 4 nitrogen and oxygen atoms in total. The van der Waals surface area contributed by atoms with Crippen LogP contribution >= 0.6 is 11.6 Å². The van der Waals surface area contributed by atoms with E-state index in [1.54, 1.807) is 6.20 Å². The molecule has 4 rings (SSSR count). The van der Waals surface area contributed by atoms with Crippen LogP contribution in [0.3, 0.4) is 0 Å². The van der Waals surface area contributed by atoms with Crippen molar-refractivity contribution >= 4 is 23.3 Å². The number of halogens is 1. The van der Waals surface area contributed by atoms with Crippen molar-refractivity contribution < 1.29 is 4.79 Å². The van der Waals surface area contributed by atoms with E-state index < -0.39 is 0 Å². The molecule has 0 bridgehead atoms. The molecule has 2 aromatic carbocycles. The van der Waals surface area contributed by atoms with Gasteiger partial charge in [-0.3, -0.25) is 4.79 Å². The number of carbonyl (C=O) groups is 1. The number of nitrogens with zero attached hydrogens (tertiary/aromatic N) is 3. The number of hydrogen-bond acceptors (Lipinski definition) is 3. The van der Waals surface area contributed by atoms with E-state index in [0.29, 0.717) is 22.9 Å². The Morgan fingerprint density at radius 3 is 2.50 bits per heavy atom. The Balaban J connectivity index is 1.84. The molecule has 1 unspecified atom stereocenters. The number of rotatable bonds is 3. The first-order valence-electron chi connectivity index (χ1n) is 9.33. The largest absolute Gasteiger partial charge is 0.362 e. The minimum Gasteiger partial charge on any atom is -0.362 e. The van der Waals surface area contributed by atoms with E-state index >= 15 is 0 Å². The summed E-state index contributed by atoms with van der Waals surface area (Å²) in [6.07, 6.45) is 2.53. The molecule has 28 heavy (non-hydrogen) atoms. The highest BCUT2D eigenvalue weighted by Crippen LogP contribution is 2.39. The molecule has 0 spiro atoms. The number of anilines is 1. The van der Waals surface area contributed by atoms with Gasteiger partial charge in [-0.05, 0) is 41.3 Å². The molecular weight excluding hydrogens is 370 g/mol. The van der Waals surface area contributed by atoms with Gasteiger partial charge in [0.1, 0.15) is 5.82 Å². The van der Waals surface area contributed by atoms with Crippen LogP contribution in [-0.2, 0) is 6.42 Å². The second-order valence-corrected chi connectivity index (χ2v) is 7.55. The minimum absolute atomic E-state index is 0.0313. The summed E-state index contributed by atoms with van der Waals surface area (Å²) in [4.78, 5) is 21.8. The van der Waals surface area contributed by atoms with Crippen LogP contribution in [0.1, 0.15) is 33.1 Å². The fraction of sp³-hybridized carbons (Fsp3) is 0.217. The number of hydrogen-bond donors (Lipinski definition) is 0. The van der Waals surface area contributed by atoms with E-state index in [9.17, 15) is 4.79 Å². The van der Waals surface area contributed by atoms with Gasteiger partial charge in [0, 0.05) is 31.9 Å². The minimum atomic E-state index is -0.221. The highest BCUT2D eigenvalue weighted by molar-refractivity contribution is 6.31. The maximum atomic E-state index is 13.6. The fourth-order valence-corrected chi connectivity index (χ4v) is 4.13. The first-order chi connectivity index (χ1) is 13.6. The van der Waals surface area contributed by atoms with Crippen LogP contribution in [-0.4, -0.2) is 36.4 Å². The van der Waals surface area contributed by atoms with Gasteiger partial charge in [-0.2, -0.15) is 0 Å². The summed E-state index contributed by atoms with van der Waals surface area (Å²) in [5.41, 5.74) is 3.94. The van der Waals surface area contributed by atoms with E-state index in [-0.39, 0.29) is 11.9 Å². The zero-order chi connectivity index (χ0) is 19.7. The van der Waals surface area contributed by atoms with Crippen LogP contribution in [0, 0.1) is 0 Å². The van der Waals surface area contributed by atoms with Gasteiger partial charge in [-0.15, -0.1) is 0 Å². The Labute approximate surface area is 170 Å². The van der Waals surface area contributed by atoms with Crippen LogP contribution < -0.4 is 4.90 Å². The summed E-state index contributed by atoms with van der Waals surface area (Å²) in [7, 11) is 3.80. The van der Waals surface area contributed by atoms with Crippen LogP contribution in [0.5, 0.6) is 0 Å². The Bertz CT molecular complexity index is 1020. The van der Waals surface area contributed by atoms with Gasteiger partial charge in [0.05, 0.1) is 11.6 Å². The monoisotopic (exact) mass is 391 g/mol. The summed E-state index contributed by atoms with van der Waals surface area (Å²) in [6.45, 7) is 0.632. The third kappa shape index (κ3) is 3.25. The number of benzene rings is 2. The zero-order valence-electron chi connectivity index (χ0n) is 16.0. The quantitative estimate of drug-likeness (QED) is 0.655. The maximum absolute atomic E-state index is 13.6. The van der Waals surface area contributed by atoms with E-state index in [0.717, 1.165) is 17.5 Å². The number of carbonyl (C=O) groups excluding carboxylic acids is 1. The first kappa shape index (κ1) is 18.5. The summed E-state index contributed by atoms with van der Waals surface area (Å²) >= 11 is 6.56. The van der Waals surface area contributed by atoms with Gasteiger partial charge in [0.15, 0.2) is 0 Å². The molecule has 1 aliphatic rings. The lowest BCUT2D eigenvalue weighted by molar-refractivity contribution is 0.0695. The Hall–Kier alpha value is -2.85. The van der Waals surface area contributed by atoms with Gasteiger partial charge >= 0.3 is 0 Å². The molecule has 0 saturated carbocycles. The number of pyridine rings is 1. The van der Waals surface area contributed by atoms with Gasteiger partial charge < -0.3 is 9.80 Å². The third-order valence-corrected chi connectivity index (χ3v) is 5.53. The van der Waals surface area contributed by atoms with Gasteiger partial charge in [0.25, 0.3) is 5.91 Å². The van der Waals surface area contributed by atoms with Crippen molar-refractivity contribution in [2.45, 2.75) is 12.5 Å². The van der Waals surface area contributed by atoms with Gasteiger partial charge in [-0.1, -0.05) is 54.1 Å². The highest BCUT2D eigenvalue weighted by atomic mass is 35.5. The van der Waals surface area contributed by atoms with Crippen LogP contribution in [0.4, 0.5) is 5.82 Å². The van der Waals surface area contributed by atoms with E-state index in [1.165, 1.54) is 5.56 Å². The van der Waals surface area contributed by atoms with E-state index in [4.69, 9.17) is 11.6 Å². The smallest absolute Gasteiger partial charge is 0.258 e. The highest BCUT2D eigenvalue weighted by Gasteiger charge is 2.34. The van der Waals surface area contributed by atoms with Crippen molar-refractivity contribution in [3.8, 4) is 0 Å². The Morgan fingerprint density at radius 1 is 1.04 bits per heavy atom. The molecule has 0 N–H and O–H groups in total. The molecule has 1 aromatic heterocycles. The summed E-state index contributed by atoms with van der Waals surface area (Å²) in [6, 6.07) is 19.5. The second kappa shape index (κ2) is 7.64. The molecule has 0 aliphatic carbocycles. The Kier molecular flexibility index (Phi) is 5.05. The summed E-state index contributed by atoms with van der Waals surface area (Å²) in [5.74, 6) is 0.639.